The highest BCUT2D eigenvalue weighted by Crippen LogP contribution is 2.12. The molecule has 0 aliphatic heterocycles. The lowest BCUT2D eigenvalue weighted by molar-refractivity contribution is 0.241. The third-order valence-corrected chi connectivity index (χ3v) is 3.76. The predicted octanol–water partition coefficient (Wildman–Crippen LogP) is 6.08. The maximum Gasteiger partial charge on any atom is 0.314 e. The molecule has 0 aromatic rings. The first-order chi connectivity index (χ1) is 12.3. The molecule has 0 saturated carbocycles. The fraction of sp³-hybridized carbons (Fsp3) is 0.500. The molecule has 0 radical (unpaired) electrons. The van der Waals surface area contributed by atoms with E-state index < -0.39 is 0 Å². The number of amides is 2. The average molecular weight is 347 g/mol. The van der Waals surface area contributed by atoms with Gasteiger partial charge in [0.1, 0.15) is 0 Å². The fourth-order valence-electron chi connectivity index (χ4n) is 2.50. The standard InChI is InChI=1S/C19H26N2O.C3H8.2H2/c22-19(20-15-13-17-9-5-1-2-6-10-17)21-16-14-18-11-7-3-4-8-12-18;1-3-2;;/h1,5-7,9-12H,2-4,8,13-16H2,(H2,20,21,22);3H2,1-2H3;2*1H. The van der Waals surface area contributed by atoms with Crippen molar-refractivity contribution in [1.82, 2.24) is 10.6 Å². The van der Waals surface area contributed by atoms with Crippen LogP contribution in [0.15, 0.2) is 59.8 Å². The molecule has 0 aromatic heterocycles. The Morgan fingerprint density at radius 3 is 2.44 bits per heavy atom. The molecule has 0 fully saturated rings. The number of urea groups is 1. The van der Waals surface area contributed by atoms with Crippen LogP contribution in [-0.4, -0.2) is 19.1 Å². The van der Waals surface area contributed by atoms with Gasteiger partial charge in [0, 0.05) is 15.9 Å². The molecule has 3 nitrogen and oxygen atoms in total. The van der Waals surface area contributed by atoms with Crippen LogP contribution in [0.3, 0.4) is 0 Å². The van der Waals surface area contributed by atoms with Crippen molar-refractivity contribution < 1.29 is 7.65 Å². The summed E-state index contributed by atoms with van der Waals surface area (Å²) in [5.41, 5.74) is 2.58. The van der Waals surface area contributed by atoms with E-state index >= 15 is 0 Å². The minimum absolute atomic E-state index is 0. The van der Waals surface area contributed by atoms with Gasteiger partial charge in [-0.25, -0.2) is 4.79 Å². The smallest absolute Gasteiger partial charge is 0.314 e. The van der Waals surface area contributed by atoms with E-state index in [1.807, 2.05) is 0 Å². The Kier molecular flexibility index (Phi) is 12.0. The van der Waals surface area contributed by atoms with Gasteiger partial charge in [-0.2, -0.15) is 0 Å². The van der Waals surface area contributed by atoms with Crippen molar-refractivity contribution in [2.45, 2.75) is 58.8 Å². The van der Waals surface area contributed by atoms with Crippen LogP contribution in [0.1, 0.15) is 61.6 Å². The third-order valence-electron chi connectivity index (χ3n) is 3.76. The summed E-state index contributed by atoms with van der Waals surface area (Å²) in [7, 11) is 0. The molecule has 0 unspecified atom stereocenters. The Morgan fingerprint density at radius 1 is 1.00 bits per heavy atom. The molecule has 2 amide bonds. The normalized spacial score (nSPS) is 15.9. The van der Waals surface area contributed by atoms with Crippen molar-refractivity contribution in [3.8, 4) is 0 Å². The van der Waals surface area contributed by atoms with Gasteiger partial charge in [-0.05, 0) is 44.1 Å². The monoisotopic (exact) mass is 346 g/mol. The number of hydrogen-bond donors (Lipinski definition) is 2. The van der Waals surface area contributed by atoms with Crippen molar-refractivity contribution in [2.24, 2.45) is 0 Å². The summed E-state index contributed by atoms with van der Waals surface area (Å²) in [5, 5.41) is 5.84. The Balaban J connectivity index is 0. The van der Waals surface area contributed by atoms with Crippen LogP contribution in [0.2, 0.25) is 0 Å². The Morgan fingerprint density at radius 2 is 1.68 bits per heavy atom. The molecule has 3 heteroatoms. The van der Waals surface area contributed by atoms with E-state index in [2.05, 4.69) is 73.1 Å². The average Bonchev–Trinajstić information content (AvgIpc) is 3.01. The molecule has 2 N–H and O–H groups in total. The highest BCUT2D eigenvalue weighted by molar-refractivity contribution is 5.73. The Labute approximate surface area is 156 Å². The lowest BCUT2D eigenvalue weighted by Crippen LogP contribution is -2.36. The zero-order valence-electron chi connectivity index (χ0n) is 15.9. The first-order valence-corrected chi connectivity index (χ1v) is 9.65. The number of carbonyl (C=O) groups is 1. The Hall–Kier alpha value is -2.03. The molecular formula is C22H38N2O. The first-order valence-electron chi connectivity index (χ1n) is 9.65. The minimum atomic E-state index is -0.0769. The van der Waals surface area contributed by atoms with Crippen molar-refractivity contribution in [1.29, 1.82) is 0 Å². The molecule has 25 heavy (non-hydrogen) atoms. The van der Waals surface area contributed by atoms with Gasteiger partial charge >= 0.3 is 6.03 Å². The number of nitrogens with one attached hydrogen (secondary N) is 2. The molecule has 2 rings (SSSR count). The Bertz CT molecular complexity index is 534. The molecule has 0 aromatic carbocycles. The molecule has 0 atom stereocenters. The largest absolute Gasteiger partial charge is 0.338 e. The molecule has 0 heterocycles. The highest BCUT2D eigenvalue weighted by atomic mass is 16.2. The fourth-order valence-corrected chi connectivity index (χ4v) is 2.50. The summed E-state index contributed by atoms with van der Waals surface area (Å²) < 4.78 is 0. The summed E-state index contributed by atoms with van der Waals surface area (Å²) in [6.07, 6.45) is 24.8. The van der Waals surface area contributed by atoms with Gasteiger partial charge < -0.3 is 10.6 Å². The van der Waals surface area contributed by atoms with Crippen LogP contribution in [0, 0.1) is 0 Å². The van der Waals surface area contributed by atoms with Crippen LogP contribution in [0.4, 0.5) is 4.79 Å². The van der Waals surface area contributed by atoms with Gasteiger partial charge in [0.05, 0.1) is 0 Å². The van der Waals surface area contributed by atoms with E-state index in [0.29, 0.717) is 13.1 Å². The number of allylic oxidation sites excluding steroid dienone is 8. The van der Waals surface area contributed by atoms with E-state index in [4.69, 9.17) is 0 Å². The maximum atomic E-state index is 11.8. The number of carbonyl (C=O) groups excluding carboxylic acids is 1. The zero-order chi connectivity index (χ0) is 18.2. The van der Waals surface area contributed by atoms with Crippen LogP contribution >= 0.6 is 0 Å². The van der Waals surface area contributed by atoms with E-state index in [0.717, 1.165) is 32.1 Å². The third kappa shape index (κ3) is 11.2. The summed E-state index contributed by atoms with van der Waals surface area (Å²) in [5.74, 6) is 0. The van der Waals surface area contributed by atoms with E-state index in [1.54, 1.807) is 0 Å². The second-order valence-corrected chi connectivity index (χ2v) is 6.31. The SMILES string of the molecule is CCC.O=C(NCCC1=CC=CCC=C1)NCCC1=CCCCC=C1.[HH].[HH]. The summed E-state index contributed by atoms with van der Waals surface area (Å²) in [6.45, 7) is 5.60. The van der Waals surface area contributed by atoms with Crippen molar-refractivity contribution >= 4 is 6.03 Å². The number of hydrogen-bond acceptors (Lipinski definition) is 1. The second kappa shape index (κ2) is 14.3. The predicted molar refractivity (Wildman–Crippen MR) is 113 cm³/mol. The summed E-state index contributed by atoms with van der Waals surface area (Å²) in [6, 6.07) is -0.0769. The molecule has 2 aliphatic rings. The molecular weight excluding hydrogens is 308 g/mol. The summed E-state index contributed by atoms with van der Waals surface area (Å²) >= 11 is 0. The topological polar surface area (TPSA) is 41.1 Å². The molecule has 0 spiro atoms. The highest BCUT2D eigenvalue weighted by Gasteiger charge is 2.02. The zero-order valence-corrected chi connectivity index (χ0v) is 15.9. The summed E-state index contributed by atoms with van der Waals surface area (Å²) in [4.78, 5) is 11.8. The van der Waals surface area contributed by atoms with Gasteiger partial charge in [0.25, 0.3) is 0 Å². The van der Waals surface area contributed by atoms with Gasteiger partial charge in [0.15, 0.2) is 0 Å². The van der Waals surface area contributed by atoms with Crippen LogP contribution < -0.4 is 10.6 Å². The molecule has 2 aliphatic carbocycles. The van der Waals surface area contributed by atoms with E-state index in [9.17, 15) is 4.79 Å². The second-order valence-electron chi connectivity index (χ2n) is 6.31. The van der Waals surface area contributed by atoms with E-state index in [1.165, 1.54) is 24.0 Å². The van der Waals surface area contributed by atoms with Crippen molar-refractivity contribution in [2.75, 3.05) is 13.1 Å². The minimum Gasteiger partial charge on any atom is -0.338 e. The van der Waals surface area contributed by atoms with Gasteiger partial charge in [-0.1, -0.05) is 74.4 Å². The molecule has 0 saturated heterocycles. The van der Waals surface area contributed by atoms with Gasteiger partial charge in [-0.3, -0.25) is 0 Å². The van der Waals surface area contributed by atoms with Crippen LogP contribution in [0.25, 0.3) is 0 Å². The van der Waals surface area contributed by atoms with Crippen molar-refractivity contribution in [3.63, 3.8) is 0 Å². The lowest BCUT2D eigenvalue weighted by Gasteiger charge is -2.08. The lowest BCUT2D eigenvalue weighted by atomic mass is 10.1. The van der Waals surface area contributed by atoms with Crippen LogP contribution in [0.5, 0.6) is 0 Å². The molecule has 0 bridgehead atoms. The maximum absolute atomic E-state index is 11.8. The van der Waals surface area contributed by atoms with E-state index in [-0.39, 0.29) is 8.88 Å². The van der Waals surface area contributed by atoms with Crippen LogP contribution in [-0.2, 0) is 0 Å². The number of rotatable bonds is 6. The molecule has 142 valence electrons. The van der Waals surface area contributed by atoms with Gasteiger partial charge in [-0.15, -0.1) is 0 Å². The van der Waals surface area contributed by atoms with Gasteiger partial charge in [0.2, 0.25) is 0 Å². The van der Waals surface area contributed by atoms with Crippen molar-refractivity contribution in [3.05, 3.63) is 59.8 Å². The quantitative estimate of drug-likeness (QED) is 0.601. The first kappa shape index (κ1) is 21.0.